The first-order valence-corrected chi connectivity index (χ1v) is 4.13. The van der Waals surface area contributed by atoms with Crippen LogP contribution in [0.2, 0.25) is 0 Å². The molecular weight excluding hydrogens is 218 g/mol. The predicted molar refractivity (Wildman–Crippen MR) is 53.6 cm³/mol. The predicted octanol–water partition coefficient (Wildman–Crippen LogP) is 1.30. The zero-order valence-corrected chi connectivity index (χ0v) is 8.65. The Morgan fingerprint density at radius 2 is 2.50 bits per heavy atom. The van der Waals surface area contributed by atoms with E-state index in [0.29, 0.717) is 6.04 Å². The first-order valence-electron chi connectivity index (χ1n) is 4.13. The van der Waals surface area contributed by atoms with E-state index < -0.39 is 0 Å². The molecule has 0 bridgehead atoms. The van der Waals surface area contributed by atoms with Gasteiger partial charge in [-0.3, -0.25) is 0 Å². The van der Waals surface area contributed by atoms with Gasteiger partial charge in [-0.25, -0.2) is 4.98 Å². The van der Waals surface area contributed by atoms with Crippen molar-refractivity contribution in [3.8, 4) is 0 Å². The number of fused-ring (bicyclic) bond motifs is 1. The number of halogens is 1. The fourth-order valence-corrected chi connectivity index (χ4v) is 1.74. The van der Waals surface area contributed by atoms with E-state index in [0.717, 1.165) is 13.0 Å². The smallest absolute Gasteiger partial charge is 0.108 e. The van der Waals surface area contributed by atoms with Crippen LogP contribution in [-0.2, 0) is 6.42 Å². The summed E-state index contributed by atoms with van der Waals surface area (Å²) in [6.45, 7) is 0.739. The van der Waals surface area contributed by atoms with Crippen LogP contribution >= 0.6 is 17.0 Å². The number of nitrogens with zero attached hydrogens (tertiary/aromatic N) is 2. The lowest BCUT2D eigenvalue weighted by Gasteiger charge is -2.23. The van der Waals surface area contributed by atoms with Gasteiger partial charge in [0.05, 0.1) is 0 Å². The molecule has 12 heavy (non-hydrogen) atoms. The van der Waals surface area contributed by atoms with Gasteiger partial charge in [-0.1, -0.05) is 0 Å². The second kappa shape index (κ2) is 4.05. The van der Waals surface area contributed by atoms with Crippen molar-refractivity contribution in [2.24, 2.45) is 5.73 Å². The zero-order valence-electron chi connectivity index (χ0n) is 6.94. The minimum Gasteiger partial charge on any atom is -0.331 e. The summed E-state index contributed by atoms with van der Waals surface area (Å²) in [6.07, 6.45) is 7.46. The summed E-state index contributed by atoms with van der Waals surface area (Å²) in [6, 6.07) is 0.501. The van der Waals surface area contributed by atoms with Crippen LogP contribution in [0.1, 0.15) is 24.7 Å². The van der Waals surface area contributed by atoms with Crippen LogP contribution in [0.15, 0.2) is 12.4 Å². The van der Waals surface area contributed by atoms with E-state index in [2.05, 4.69) is 9.55 Å². The van der Waals surface area contributed by atoms with Crippen molar-refractivity contribution in [1.29, 1.82) is 0 Å². The fourth-order valence-electron chi connectivity index (χ4n) is 1.74. The molecule has 1 aliphatic heterocycles. The highest BCUT2D eigenvalue weighted by Gasteiger charge is 2.17. The average Bonchev–Trinajstić information content (AvgIpc) is 2.50. The highest BCUT2D eigenvalue weighted by atomic mass is 79.9. The van der Waals surface area contributed by atoms with E-state index >= 15 is 0 Å². The average molecular weight is 232 g/mol. The maximum atomic E-state index is 5.63. The molecule has 1 unspecified atom stereocenters. The monoisotopic (exact) mass is 231 g/mol. The van der Waals surface area contributed by atoms with Gasteiger partial charge in [0.2, 0.25) is 0 Å². The molecule has 1 aliphatic rings. The number of imidazole rings is 1. The molecule has 0 amide bonds. The summed E-state index contributed by atoms with van der Waals surface area (Å²) < 4.78 is 2.21. The van der Waals surface area contributed by atoms with E-state index in [9.17, 15) is 0 Å². The molecule has 2 N–H and O–H groups in total. The van der Waals surface area contributed by atoms with Crippen LogP contribution in [-0.4, -0.2) is 16.1 Å². The minimum absolute atomic E-state index is 0. The van der Waals surface area contributed by atoms with Gasteiger partial charge in [0.1, 0.15) is 5.82 Å². The molecule has 3 nitrogen and oxygen atoms in total. The standard InChI is InChI=1S/C8H13N3.BrH/c9-6-7-2-1-3-8-10-4-5-11(7)8;/h4-5,7H,1-3,6,9H2;1H. The van der Waals surface area contributed by atoms with Gasteiger partial charge in [0, 0.05) is 31.4 Å². The molecule has 0 aromatic carbocycles. The number of rotatable bonds is 1. The Hall–Kier alpha value is -0.350. The van der Waals surface area contributed by atoms with Crippen molar-refractivity contribution < 1.29 is 0 Å². The third kappa shape index (κ3) is 1.54. The summed E-state index contributed by atoms with van der Waals surface area (Å²) in [4.78, 5) is 4.26. The molecule has 2 heterocycles. The lowest BCUT2D eigenvalue weighted by molar-refractivity contribution is 0.404. The lowest BCUT2D eigenvalue weighted by Crippen LogP contribution is -2.24. The SMILES string of the molecule is Br.NCC1CCCc2nccn21. The molecular formula is C8H14BrN3. The molecule has 0 fully saturated rings. The summed E-state index contributed by atoms with van der Waals surface area (Å²) in [7, 11) is 0. The second-order valence-electron chi connectivity index (χ2n) is 3.03. The summed E-state index contributed by atoms with van der Waals surface area (Å²) in [5.41, 5.74) is 5.63. The van der Waals surface area contributed by atoms with Gasteiger partial charge < -0.3 is 10.3 Å². The molecule has 0 saturated heterocycles. The lowest BCUT2D eigenvalue weighted by atomic mass is 10.1. The highest BCUT2D eigenvalue weighted by molar-refractivity contribution is 8.93. The summed E-state index contributed by atoms with van der Waals surface area (Å²) in [5, 5.41) is 0. The molecule has 0 aliphatic carbocycles. The number of aromatic nitrogens is 2. The Labute approximate surface area is 82.7 Å². The molecule has 0 saturated carbocycles. The van der Waals surface area contributed by atoms with Crippen LogP contribution < -0.4 is 5.73 Å². The topological polar surface area (TPSA) is 43.8 Å². The first kappa shape index (κ1) is 9.74. The molecule has 1 aromatic heterocycles. The number of hydrogen-bond donors (Lipinski definition) is 1. The van der Waals surface area contributed by atoms with Gasteiger partial charge in [-0.2, -0.15) is 0 Å². The minimum atomic E-state index is 0. The van der Waals surface area contributed by atoms with Crippen LogP contribution in [0, 0.1) is 0 Å². The maximum absolute atomic E-state index is 5.63. The largest absolute Gasteiger partial charge is 0.331 e. The Morgan fingerprint density at radius 1 is 1.67 bits per heavy atom. The normalized spacial score (nSPS) is 21.2. The Morgan fingerprint density at radius 3 is 3.25 bits per heavy atom. The van der Waals surface area contributed by atoms with Gasteiger partial charge in [-0.15, -0.1) is 17.0 Å². The quantitative estimate of drug-likeness (QED) is 0.793. The molecule has 4 heteroatoms. The molecule has 1 atom stereocenters. The summed E-state index contributed by atoms with van der Waals surface area (Å²) >= 11 is 0. The second-order valence-corrected chi connectivity index (χ2v) is 3.03. The van der Waals surface area contributed by atoms with Crippen LogP contribution in [0.4, 0.5) is 0 Å². The Bertz CT molecular complexity index is 246. The van der Waals surface area contributed by atoms with E-state index in [1.165, 1.54) is 18.7 Å². The summed E-state index contributed by atoms with van der Waals surface area (Å²) in [5.74, 6) is 1.20. The van der Waals surface area contributed by atoms with Gasteiger partial charge >= 0.3 is 0 Å². The van der Waals surface area contributed by atoms with E-state index in [-0.39, 0.29) is 17.0 Å². The van der Waals surface area contributed by atoms with E-state index in [1.807, 2.05) is 12.4 Å². The Balaban J connectivity index is 0.000000720. The van der Waals surface area contributed by atoms with Gasteiger partial charge in [0.15, 0.2) is 0 Å². The van der Waals surface area contributed by atoms with Crippen LogP contribution in [0.25, 0.3) is 0 Å². The van der Waals surface area contributed by atoms with Crippen LogP contribution in [0.5, 0.6) is 0 Å². The van der Waals surface area contributed by atoms with Gasteiger partial charge in [-0.05, 0) is 12.8 Å². The zero-order chi connectivity index (χ0) is 7.68. The van der Waals surface area contributed by atoms with Crippen molar-refractivity contribution in [2.75, 3.05) is 6.54 Å². The van der Waals surface area contributed by atoms with Crippen molar-refractivity contribution in [2.45, 2.75) is 25.3 Å². The molecule has 2 rings (SSSR count). The fraction of sp³-hybridized carbons (Fsp3) is 0.625. The molecule has 68 valence electrons. The van der Waals surface area contributed by atoms with Crippen LogP contribution in [0.3, 0.4) is 0 Å². The van der Waals surface area contributed by atoms with Gasteiger partial charge in [0.25, 0.3) is 0 Å². The van der Waals surface area contributed by atoms with Crippen molar-refractivity contribution >= 4 is 17.0 Å². The first-order chi connectivity index (χ1) is 5.42. The number of nitrogens with two attached hydrogens (primary N) is 1. The highest BCUT2D eigenvalue weighted by Crippen LogP contribution is 2.21. The Kier molecular flexibility index (Phi) is 3.29. The third-order valence-electron chi connectivity index (χ3n) is 2.35. The molecule has 1 aromatic rings. The number of aryl methyl sites for hydroxylation is 1. The van der Waals surface area contributed by atoms with Crippen molar-refractivity contribution in [1.82, 2.24) is 9.55 Å². The number of hydrogen-bond acceptors (Lipinski definition) is 2. The maximum Gasteiger partial charge on any atom is 0.108 e. The van der Waals surface area contributed by atoms with E-state index in [4.69, 9.17) is 5.73 Å². The third-order valence-corrected chi connectivity index (χ3v) is 2.35. The van der Waals surface area contributed by atoms with E-state index in [1.54, 1.807) is 0 Å². The van der Waals surface area contributed by atoms with Crippen molar-refractivity contribution in [3.63, 3.8) is 0 Å². The van der Waals surface area contributed by atoms with Crippen molar-refractivity contribution in [3.05, 3.63) is 18.2 Å². The molecule has 0 spiro atoms. The molecule has 0 radical (unpaired) electrons.